The lowest BCUT2D eigenvalue weighted by molar-refractivity contribution is -0.119. The van der Waals surface area contributed by atoms with Crippen LogP contribution in [0.1, 0.15) is 39.5 Å². The van der Waals surface area contributed by atoms with Crippen molar-refractivity contribution in [2.45, 2.75) is 39.5 Å². The Morgan fingerprint density at radius 1 is 1.00 bits per heavy atom. The number of hydrogen-bond donors (Lipinski definition) is 0. The van der Waals surface area contributed by atoms with E-state index < -0.39 is 0 Å². The molecule has 0 radical (unpaired) electrons. The molecule has 1 fully saturated rings. The molecule has 0 unspecified atom stereocenters. The molecule has 0 aliphatic heterocycles. The van der Waals surface area contributed by atoms with Gasteiger partial charge >= 0.3 is 0 Å². The molecular weight excluding hydrogens is 152 g/mol. The van der Waals surface area contributed by atoms with E-state index in [2.05, 4.69) is 0 Å². The number of carbonyl (C=O) groups is 2. The zero-order valence-corrected chi connectivity index (χ0v) is 7.64. The third kappa shape index (κ3) is 1.81. The summed E-state index contributed by atoms with van der Waals surface area (Å²) in [5.41, 5.74) is 1.54. The maximum atomic E-state index is 11.1. The first-order chi connectivity index (χ1) is 5.63. The van der Waals surface area contributed by atoms with Gasteiger partial charge < -0.3 is 0 Å². The summed E-state index contributed by atoms with van der Waals surface area (Å²) in [6.07, 6.45) is 4.13. The summed E-state index contributed by atoms with van der Waals surface area (Å²) in [7, 11) is 0. The molecular formula is C10H14O2. The first-order valence-electron chi connectivity index (χ1n) is 4.37. The molecule has 0 bridgehead atoms. The summed E-state index contributed by atoms with van der Waals surface area (Å²) >= 11 is 0. The standard InChI is InChI=1S/C10H14O2/c1-7(11)10(8(2)12)9-5-3-4-6-9/h3-6H2,1-2H3. The van der Waals surface area contributed by atoms with Crippen LogP contribution in [0.4, 0.5) is 0 Å². The van der Waals surface area contributed by atoms with Crippen LogP contribution in [-0.4, -0.2) is 11.6 Å². The number of ketones is 2. The van der Waals surface area contributed by atoms with E-state index in [4.69, 9.17) is 0 Å². The van der Waals surface area contributed by atoms with Gasteiger partial charge in [0.1, 0.15) is 0 Å². The topological polar surface area (TPSA) is 34.1 Å². The summed E-state index contributed by atoms with van der Waals surface area (Å²) in [5, 5.41) is 0. The molecule has 0 N–H and O–H groups in total. The van der Waals surface area contributed by atoms with Crippen molar-refractivity contribution in [2.24, 2.45) is 0 Å². The third-order valence-electron chi connectivity index (χ3n) is 2.26. The number of allylic oxidation sites excluding steroid dienone is 2. The minimum Gasteiger partial charge on any atom is -0.294 e. The molecule has 0 amide bonds. The Hall–Kier alpha value is -0.920. The fourth-order valence-electron chi connectivity index (χ4n) is 1.80. The lowest BCUT2D eigenvalue weighted by atomic mass is 10.0. The maximum absolute atomic E-state index is 11.1. The van der Waals surface area contributed by atoms with Crippen LogP contribution in [-0.2, 0) is 9.59 Å². The van der Waals surface area contributed by atoms with Crippen LogP contribution in [0.25, 0.3) is 0 Å². The molecule has 1 aliphatic rings. The molecule has 66 valence electrons. The highest BCUT2D eigenvalue weighted by Crippen LogP contribution is 2.27. The predicted molar refractivity (Wildman–Crippen MR) is 46.9 cm³/mol. The molecule has 1 rings (SSSR count). The zero-order valence-electron chi connectivity index (χ0n) is 7.64. The highest BCUT2D eigenvalue weighted by Gasteiger charge is 2.18. The normalized spacial score (nSPS) is 16.3. The number of carbonyl (C=O) groups excluding carboxylic acids is 2. The van der Waals surface area contributed by atoms with Crippen LogP contribution in [0, 0.1) is 0 Å². The molecule has 0 atom stereocenters. The quantitative estimate of drug-likeness (QED) is 0.357. The van der Waals surface area contributed by atoms with Gasteiger partial charge in [0.2, 0.25) is 0 Å². The van der Waals surface area contributed by atoms with Gasteiger partial charge in [-0.15, -0.1) is 0 Å². The Balaban J connectivity index is 2.97. The molecule has 1 saturated carbocycles. The van der Waals surface area contributed by atoms with Gasteiger partial charge in [-0.3, -0.25) is 9.59 Å². The maximum Gasteiger partial charge on any atom is 0.163 e. The van der Waals surface area contributed by atoms with E-state index in [9.17, 15) is 9.59 Å². The smallest absolute Gasteiger partial charge is 0.163 e. The van der Waals surface area contributed by atoms with E-state index in [0.717, 1.165) is 31.3 Å². The molecule has 0 aromatic heterocycles. The van der Waals surface area contributed by atoms with E-state index in [1.807, 2.05) is 0 Å². The summed E-state index contributed by atoms with van der Waals surface area (Å²) in [4.78, 5) is 22.2. The number of Topliss-reactive ketones (excluding diaryl/α,β-unsaturated/α-hetero) is 2. The van der Waals surface area contributed by atoms with Crippen molar-refractivity contribution in [3.63, 3.8) is 0 Å². The van der Waals surface area contributed by atoms with Gasteiger partial charge in [0.05, 0.1) is 5.57 Å². The van der Waals surface area contributed by atoms with E-state index in [1.165, 1.54) is 13.8 Å². The van der Waals surface area contributed by atoms with Gasteiger partial charge in [0.25, 0.3) is 0 Å². The number of hydrogen-bond acceptors (Lipinski definition) is 2. The summed E-state index contributed by atoms with van der Waals surface area (Å²) < 4.78 is 0. The first kappa shape index (κ1) is 9.17. The van der Waals surface area contributed by atoms with Crippen molar-refractivity contribution >= 4 is 11.6 Å². The van der Waals surface area contributed by atoms with Gasteiger partial charge in [0, 0.05) is 0 Å². The molecule has 2 nitrogen and oxygen atoms in total. The van der Waals surface area contributed by atoms with Crippen molar-refractivity contribution < 1.29 is 9.59 Å². The molecule has 0 spiro atoms. The van der Waals surface area contributed by atoms with Crippen LogP contribution in [0.15, 0.2) is 11.1 Å². The van der Waals surface area contributed by atoms with E-state index in [-0.39, 0.29) is 11.6 Å². The lowest BCUT2D eigenvalue weighted by Gasteiger charge is -2.02. The van der Waals surface area contributed by atoms with Crippen molar-refractivity contribution in [1.82, 2.24) is 0 Å². The van der Waals surface area contributed by atoms with E-state index >= 15 is 0 Å². The second kappa shape index (κ2) is 3.65. The Morgan fingerprint density at radius 3 is 1.75 bits per heavy atom. The van der Waals surface area contributed by atoms with Crippen LogP contribution in [0.5, 0.6) is 0 Å². The Morgan fingerprint density at radius 2 is 1.42 bits per heavy atom. The Bertz CT molecular complexity index is 225. The fraction of sp³-hybridized carbons (Fsp3) is 0.600. The minimum atomic E-state index is -0.0700. The lowest BCUT2D eigenvalue weighted by Crippen LogP contribution is -2.08. The van der Waals surface area contributed by atoms with Crippen molar-refractivity contribution in [3.05, 3.63) is 11.1 Å². The molecule has 0 aromatic rings. The van der Waals surface area contributed by atoms with Crippen molar-refractivity contribution in [2.75, 3.05) is 0 Å². The number of rotatable bonds is 2. The van der Waals surface area contributed by atoms with Crippen LogP contribution < -0.4 is 0 Å². The predicted octanol–water partition coefficient (Wildman–Crippen LogP) is 2.04. The van der Waals surface area contributed by atoms with Gasteiger partial charge in [-0.05, 0) is 39.5 Å². The Kier molecular flexibility index (Phi) is 2.79. The fourth-order valence-corrected chi connectivity index (χ4v) is 1.80. The van der Waals surface area contributed by atoms with Crippen LogP contribution in [0.2, 0.25) is 0 Å². The highest BCUT2D eigenvalue weighted by molar-refractivity contribution is 6.19. The monoisotopic (exact) mass is 166 g/mol. The second-order valence-corrected chi connectivity index (χ2v) is 3.30. The largest absolute Gasteiger partial charge is 0.294 e. The Labute approximate surface area is 72.7 Å². The summed E-state index contributed by atoms with van der Waals surface area (Å²) in [5.74, 6) is -0.140. The van der Waals surface area contributed by atoms with Crippen molar-refractivity contribution in [3.8, 4) is 0 Å². The molecule has 0 aromatic carbocycles. The average molecular weight is 166 g/mol. The molecule has 1 aliphatic carbocycles. The molecule has 0 heterocycles. The zero-order chi connectivity index (χ0) is 9.14. The SMILES string of the molecule is CC(=O)C(C(C)=O)=C1CCCC1. The summed E-state index contributed by atoms with van der Waals surface area (Å²) in [6.45, 7) is 2.95. The highest BCUT2D eigenvalue weighted by atomic mass is 16.1. The van der Waals surface area contributed by atoms with Crippen LogP contribution in [0.3, 0.4) is 0 Å². The summed E-state index contributed by atoms with van der Waals surface area (Å²) in [6, 6.07) is 0. The van der Waals surface area contributed by atoms with Gasteiger partial charge in [-0.25, -0.2) is 0 Å². The third-order valence-corrected chi connectivity index (χ3v) is 2.26. The van der Waals surface area contributed by atoms with Crippen molar-refractivity contribution in [1.29, 1.82) is 0 Å². The van der Waals surface area contributed by atoms with Gasteiger partial charge in [-0.1, -0.05) is 5.57 Å². The molecule has 2 heteroatoms. The van der Waals surface area contributed by atoms with Gasteiger partial charge in [0.15, 0.2) is 11.6 Å². The second-order valence-electron chi connectivity index (χ2n) is 3.30. The van der Waals surface area contributed by atoms with E-state index in [1.54, 1.807) is 0 Å². The first-order valence-corrected chi connectivity index (χ1v) is 4.37. The molecule has 12 heavy (non-hydrogen) atoms. The molecule has 0 saturated heterocycles. The average Bonchev–Trinajstić information content (AvgIpc) is 2.37. The van der Waals surface area contributed by atoms with E-state index in [0.29, 0.717) is 5.57 Å². The minimum absolute atomic E-state index is 0.0700. The van der Waals surface area contributed by atoms with Gasteiger partial charge in [-0.2, -0.15) is 0 Å². The van der Waals surface area contributed by atoms with Crippen LogP contribution >= 0.6 is 0 Å².